The molecule has 1 unspecified atom stereocenters. The Morgan fingerprint density at radius 2 is 1.96 bits per heavy atom. The predicted molar refractivity (Wildman–Crippen MR) is 109 cm³/mol. The zero-order valence-corrected chi connectivity index (χ0v) is 17.0. The van der Waals surface area contributed by atoms with E-state index in [4.69, 9.17) is 4.74 Å². The van der Waals surface area contributed by atoms with Gasteiger partial charge in [-0.15, -0.1) is 0 Å². The molecule has 2 N–H and O–H groups in total. The van der Waals surface area contributed by atoms with Crippen LogP contribution >= 0.6 is 0 Å². The minimum Gasteiger partial charge on any atom is -0.496 e. The predicted octanol–water partition coefficient (Wildman–Crippen LogP) is 1.48. The number of hydrogen-bond acceptors (Lipinski definition) is 4. The van der Waals surface area contributed by atoms with Gasteiger partial charge in [0.2, 0.25) is 5.91 Å². The minimum absolute atomic E-state index is 0.0959. The highest BCUT2D eigenvalue weighted by Crippen LogP contribution is 2.27. The van der Waals surface area contributed by atoms with Crippen molar-refractivity contribution in [1.82, 2.24) is 20.4 Å². The highest BCUT2D eigenvalue weighted by atomic mass is 16.5. The van der Waals surface area contributed by atoms with Gasteiger partial charge in [-0.3, -0.25) is 4.79 Å². The number of para-hydroxylation sites is 1. The number of hydrogen-bond donors (Lipinski definition) is 2. The van der Waals surface area contributed by atoms with Crippen molar-refractivity contribution in [1.29, 1.82) is 0 Å². The van der Waals surface area contributed by atoms with Gasteiger partial charge in [0.25, 0.3) is 0 Å². The molecule has 1 saturated heterocycles. The van der Waals surface area contributed by atoms with Gasteiger partial charge in [-0.1, -0.05) is 18.2 Å². The molecule has 1 atom stereocenters. The summed E-state index contributed by atoms with van der Waals surface area (Å²) in [6.45, 7) is 5.30. The zero-order valence-electron chi connectivity index (χ0n) is 17.0. The topological polar surface area (TPSA) is 69.2 Å². The molecule has 27 heavy (non-hydrogen) atoms. The largest absolute Gasteiger partial charge is 0.496 e. The van der Waals surface area contributed by atoms with E-state index < -0.39 is 0 Å². The van der Waals surface area contributed by atoms with Crippen molar-refractivity contribution in [3.05, 3.63) is 29.8 Å². The number of likely N-dealkylation sites (tertiary alicyclic amines) is 1. The van der Waals surface area contributed by atoms with E-state index in [1.54, 1.807) is 7.11 Å². The summed E-state index contributed by atoms with van der Waals surface area (Å²) in [4.78, 5) is 20.8. The van der Waals surface area contributed by atoms with Gasteiger partial charge in [0.05, 0.1) is 13.2 Å². The van der Waals surface area contributed by atoms with E-state index in [2.05, 4.69) is 26.6 Å². The second-order valence-electron chi connectivity index (χ2n) is 6.89. The Kier molecular flexibility index (Phi) is 8.39. The van der Waals surface area contributed by atoms with Crippen LogP contribution in [0.25, 0.3) is 0 Å². The quantitative estimate of drug-likeness (QED) is 0.532. The monoisotopic (exact) mass is 375 g/mol. The van der Waals surface area contributed by atoms with Crippen LogP contribution in [0.2, 0.25) is 0 Å². The fourth-order valence-electron chi connectivity index (χ4n) is 3.26. The molecule has 1 heterocycles. The smallest absolute Gasteiger partial charge is 0.244 e. The van der Waals surface area contributed by atoms with Gasteiger partial charge >= 0.3 is 0 Å². The molecule has 1 aromatic carbocycles. The Morgan fingerprint density at radius 3 is 2.59 bits per heavy atom. The number of nitrogens with zero attached hydrogens (tertiary/aromatic N) is 3. The average Bonchev–Trinajstić information content (AvgIpc) is 3.21. The van der Waals surface area contributed by atoms with E-state index in [-0.39, 0.29) is 18.5 Å². The number of amides is 1. The minimum atomic E-state index is 0.0959. The fourth-order valence-corrected chi connectivity index (χ4v) is 3.26. The highest BCUT2D eigenvalue weighted by molar-refractivity contribution is 5.85. The Balaban J connectivity index is 2.02. The Hall–Kier alpha value is -2.28. The van der Waals surface area contributed by atoms with Crippen molar-refractivity contribution in [2.45, 2.75) is 25.8 Å². The molecule has 0 radical (unpaired) electrons. The van der Waals surface area contributed by atoms with Crippen LogP contribution in [-0.2, 0) is 4.79 Å². The molecule has 0 saturated carbocycles. The maximum atomic E-state index is 12.2. The number of nitrogens with one attached hydrogen (secondary N) is 2. The van der Waals surface area contributed by atoms with Crippen molar-refractivity contribution < 1.29 is 9.53 Å². The van der Waals surface area contributed by atoms with E-state index in [9.17, 15) is 4.79 Å². The maximum Gasteiger partial charge on any atom is 0.244 e. The van der Waals surface area contributed by atoms with Crippen molar-refractivity contribution in [2.24, 2.45) is 4.99 Å². The summed E-state index contributed by atoms with van der Waals surface area (Å²) in [5, 5.41) is 6.59. The fraction of sp³-hybridized carbons (Fsp3) is 0.600. The van der Waals surface area contributed by atoms with Crippen LogP contribution in [0.5, 0.6) is 5.75 Å². The molecule has 0 aliphatic carbocycles. The van der Waals surface area contributed by atoms with Crippen molar-refractivity contribution in [3.8, 4) is 5.75 Å². The van der Waals surface area contributed by atoms with Crippen LogP contribution in [0.3, 0.4) is 0 Å². The SMILES string of the molecule is CCNC(=NCC(=O)N1CCCC1)NCC(c1ccccc1OC)N(C)C. The van der Waals surface area contributed by atoms with Crippen LogP contribution in [0.15, 0.2) is 29.3 Å². The Bertz CT molecular complexity index is 627. The lowest BCUT2D eigenvalue weighted by Gasteiger charge is -2.27. The van der Waals surface area contributed by atoms with E-state index >= 15 is 0 Å². The molecule has 1 aliphatic heterocycles. The van der Waals surface area contributed by atoms with E-state index in [0.29, 0.717) is 12.5 Å². The molecule has 2 rings (SSSR count). The summed E-state index contributed by atoms with van der Waals surface area (Å²) in [5.41, 5.74) is 1.11. The number of rotatable bonds is 8. The van der Waals surface area contributed by atoms with Crippen LogP contribution in [0, 0.1) is 0 Å². The van der Waals surface area contributed by atoms with Gasteiger partial charge < -0.3 is 25.2 Å². The summed E-state index contributed by atoms with van der Waals surface area (Å²) in [6, 6.07) is 8.14. The second-order valence-corrected chi connectivity index (χ2v) is 6.89. The maximum absolute atomic E-state index is 12.2. The standard InChI is InChI=1S/C20H33N5O2/c1-5-21-20(23-15-19(26)25-12-8-9-13-25)22-14-17(24(2)3)16-10-6-7-11-18(16)27-4/h6-7,10-11,17H,5,8-9,12-15H2,1-4H3,(H2,21,22,23). The number of benzene rings is 1. The first-order valence-corrected chi connectivity index (χ1v) is 9.66. The molecule has 7 nitrogen and oxygen atoms in total. The lowest BCUT2D eigenvalue weighted by atomic mass is 10.0. The molecule has 0 bridgehead atoms. The van der Waals surface area contributed by atoms with Gasteiger partial charge in [-0.2, -0.15) is 0 Å². The lowest BCUT2D eigenvalue weighted by Crippen LogP contribution is -2.42. The third-order valence-corrected chi connectivity index (χ3v) is 4.76. The molecule has 1 aliphatic rings. The molecule has 1 amide bonds. The van der Waals surface area contributed by atoms with Crippen LogP contribution in [0.1, 0.15) is 31.4 Å². The number of methoxy groups -OCH3 is 1. The molecule has 0 aromatic heterocycles. The van der Waals surface area contributed by atoms with Crippen LogP contribution in [-0.4, -0.2) is 75.6 Å². The summed E-state index contributed by atoms with van der Waals surface area (Å²) in [6.07, 6.45) is 2.19. The van der Waals surface area contributed by atoms with Crippen LogP contribution < -0.4 is 15.4 Å². The summed E-state index contributed by atoms with van der Waals surface area (Å²) < 4.78 is 5.52. The van der Waals surface area contributed by atoms with Gasteiger partial charge in [-0.05, 0) is 39.9 Å². The van der Waals surface area contributed by atoms with Crippen molar-refractivity contribution in [2.75, 3.05) is 53.9 Å². The second kappa shape index (κ2) is 10.8. The van der Waals surface area contributed by atoms with Gasteiger partial charge in [-0.25, -0.2) is 4.99 Å². The van der Waals surface area contributed by atoms with E-state index in [0.717, 1.165) is 43.8 Å². The van der Waals surface area contributed by atoms with E-state index in [1.165, 1.54) is 0 Å². The Labute approximate surface area is 162 Å². The first-order chi connectivity index (χ1) is 13.1. The number of carbonyl (C=O) groups excluding carboxylic acids is 1. The molecule has 7 heteroatoms. The van der Waals surface area contributed by atoms with Gasteiger partial charge in [0.1, 0.15) is 12.3 Å². The van der Waals surface area contributed by atoms with Crippen molar-refractivity contribution in [3.63, 3.8) is 0 Å². The van der Waals surface area contributed by atoms with Crippen LogP contribution in [0.4, 0.5) is 0 Å². The third kappa shape index (κ3) is 6.13. The number of aliphatic imine (C=N–C) groups is 1. The zero-order chi connectivity index (χ0) is 19.6. The summed E-state index contributed by atoms with van der Waals surface area (Å²) in [7, 11) is 5.77. The van der Waals surface area contributed by atoms with Crippen molar-refractivity contribution >= 4 is 11.9 Å². The number of likely N-dealkylation sites (N-methyl/N-ethyl adjacent to an activating group) is 1. The molecular weight excluding hydrogens is 342 g/mol. The van der Waals surface area contributed by atoms with E-state index in [1.807, 2.05) is 44.1 Å². The number of carbonyl (C=O) groups is 1. The number of ether oxygens (including phenoxy) is 1. The summed E-state index contributed by atoms with van der Waals surface area (Å²) in [5.74, 6) is 1.62. The Morgan fingerprint density at radius 1 is 1.26 bits per heavy atom. The normalized spacial score (nSPS) is 15.7. The number of guanidine groups is 1. The lowest BCUT2D eigenvalue weighted by molar-refractivity contribution is -0.128. The highest BCUT2D eigenvalue weighted by Gasteiger charge is 2.20. The van der Waals surface area contributed by atoms with Gasteiger partial charge in [0.15, 0.2) is 5.96 Å². The first kappa shape index (κ1) is 21.0. The summed E-state index contributed by atoms with van der Waals surface area (Å²) >= 11 is 0. The molecule has 0 spiro atoms. The van der Waals surface area contributed by atoms with Gasteiger partial charge in [0, 0.05) is 31.7 Å². The molecule has 1 fully saturated rings. The first-order valence-electron chi connectivity index (χ1n) is 9.66. The molecular formula is C20H33N5O2. The average molecular weight is 376 g/mol. The molecule has 1 aromatic rings. The molecule has 150 valence electrons. The third-order valence-electron chi connectivity index (χ3n) is 4.76.